The molecule has 0 spiro atoms. The van der Waals surface area contributed by atoms with E-state index in [1.165, 1.54) is 30.5 Å². The summed E-state index contributed by atoms with van der Waals surface area (Å²) in [5.41, 5.74) is 2.36. The van der Waals surface area contributed by atoms with Gasteiger partial charge in [-0.25, -0.2) is 26.5 Å². The number of nitrogens with one attached hydrogen (secondary N) is 2. The van der Waals surface area contributed by atoms with E-state index in [1.807, 2.05) is 24.3 Å². The minimum absolute atomic E-state index is 0.00979. The van der Waals surface area contributed by atoms with Crippen LogP contribution in [0.25, 0.3) is 16.9 Å². The highest BCUT2D eigenvalue weighted by Gasteiger charge is 2.15. The van der Waals surface area contributed by atoms with E-state index in [4.69, 9.17) is 19.4 Å². The summed E-state index contributed by atoms with van der Waals surface area (Å²) < 4.78 is 52.2. The monoisotopic (exact) mass is 543 g/mol. The fraction of sp³-hybridized carbons (Fsp3) is 0.217. The number of sulfone groups is 1. The van der Waals surface area contributed by atoms with Gasteiger partial charge in [0.1, 0.15) is 13.7 Å². The molecule has 2 N–H and O–H groups in total. The van der Waals surface area contributed by atoms with Crippen LogP contribution in [0.2, 0.25) is 5.02 Å². The summed E-state index contributed by atoms with van der Waals surface area (Å²) >= 11 is 6.35. The van der Waals surface area contributed by atoms with Gasteiger partial charge in [-0.15, -0.1) is 0 Å². The van der Waals surface area contributed by atoms with Crippen molar-refractivity contribution in [2.24, 2.45) is 0 Å². The second-order valence-electron chi connectivity index (χ2n) is 8.12. The zero-order valence-corrected chi connectivity index (χ0v) is 21.7. The Balaban J connectivity index is 1.36. The molecule has 0 bridgehead atoms. The van der Waals surface area contributed by atoms with Gasteiger partial charge in [0.2, 0.25) is 10.0 Å². The van der Waals surface area contributed by atoms with Crippen molar-refractivity contribution in [1.82, 2.24) is 19.3 Å². The Labute approximate surface area is 216 Å². The van der Waals surface area contributed by atoms with Crippen LogP contribution in [-0.2, 0) is 19.9 Å². The average Bonchev–Trinajstić information content (AvgIpc) is 3.22. The van der Waals surface area contributed by atoms with Crippen molar-refractivity contribution < 1.29 is 16.8 Å². The topological polar surface area (TPSA) is 123 Å². The van der Waals surface area contributed by atoms with Gasteiger partial charge in [-0.2, -0.15) is 9.61 Å². The molecule has 36 heavy (non-hydrogen) atoms. The van der Waals surface area contributed by atoms with Crippen molar-refractivity contribution in [2.45, 2.75) is 22.6 Å². The summed E-state index contributed by atoms with van der Waals surface area (Å²) in [6.07, 6.45) is 3.83. The van der Waals surface area contributed by atoms with E-state index in [0.717, 1.165) is 11.8 Å². The molecule has 186 valence electrons. The van der Waals surface area contributed by atoms with Crippen molar-refractivity contribution in [3.05, 3.63) is 65.8 Å². The lowest BCUT2D eigenvalue weighted by atomic mass is 10.0. The zero-order chi connectivity index (χ0) is 25.9. The number of hydrogen-bond donors (Lipinski definition) is 2. The smallest absolute Gasteiger partial charge is 0.240 e. The van der Waals surface area contributed by atoms with Crippen molar-refractivity contribution in [3.63, 3.8) is 0 Å². The van der Waals surface area contributed by atoms with Crippen LogP contribution in [0, 0.1) is 0 Å². The fourth-order valence-corrected chi connectivity index (χ4v) is 5.47. The molecule has 0 amide bonds. The average molecular weight is 544 g/mol. The molecule has 2 heterocycles. The fourth-order valence-electron chi connectivity index (χ4n) is 3.54. The number of nitrogens with zero attached hydrogens (tertiary/aromatic N) is 3. The van der Waals surface area contributed by atoms with E-state index in [0.29, 0.717) is 47.0 Å². The predicted octanol–water partition coefficient (Wildman–Crippen LogP) is 2.42. The molecular formula is C23H23BClN5O4S2. The van der Waals surface area contributed by atoms with Gasteiger partial charge in [0.05, 0.1) is 15.5 Å². The Bertz CT molecular complexity index is 1610. The predicted molar refractivity (Wildman–Crippen MR) is 141 cm³/mol. The second-order valence-corrected chi connectivity index (χ2v) is 12.3. The third-order valence-electron chi connectivity index (χ3n) is 5.41. The van der Waals surface area contributed by atoms with Crippen LogP contribution in [0.3, 0.4) is 0 Å². The lowest BCUT2D eigenvalue weighted by molar-refractivity contribution is 0.577. The maximum atomic E-state index is 12.5. The van der Waals surface area contributed by atoms with Gasteiger partial charge in [0, 0.05) is 42.2 Å². The first kappa shape index (κ1) is 26.1. The Kier molecular flexibility index (Phi) is 7.69. The normalized spacial score (nSPS) is 12.2. The molecule has 0 saturated heterocycles. The van der Waals surface area contributed by atoms with Gasteiger partial charge in [0.15, 0.2) is 15.5 Å². The lowest BCUT2D eigenvalue weighted by Gasteiger charge is -2.12. The third kappa shape index (κ3) is 5.89. The number of anilines is 1. The Morgan fingerprint density at radius 1 is 0.972 bits per heavy atom. The number of benzene rings is 2. The molecule has 13 heteroatoms. The molecule has 4 aromatic rings. The first-order chi connectivity index (χ1) is 17.1. The van der Waals surface area contributed by atoms with E-state index in [-0.39, 0.29) is 16.3 Å². The van der Waals surface area contributed by atoms with Gasteiger partial charge >= 0.3 is 0 Å². The van der Waals surface area contributed by atoms with Gasteiger partial charge in [0.25, 0.3) is 0 Å². The van der Waals surface area contributed by atoms with E-state index >= 15 is 0 Å². The van der Waals surface area contributed by atoms with Crippen LogP contribution in [0.15, 0.2) is 70.6 Å². The summed E-state index contributed by atoms with van der Waals surface area (Å²) in [4.78, 5) is 4.67. The molecule has 2 aromatic carbocycles. The molecule has 2 aromatic heterocycles. The summed E-state index contributed by atoms with van der Waals surface area (Å²) in [5, 5.41) is 8.16. The number of halogens is 1. The van der Waals surface area contributed by atoms with Crippen LogP contribution in [0.1, 0.15) is 12.8 Å². The maximum absolute atomic E-state index is 12.5. The van der Waals surface area contributed by atoms with Gasteiger partial charge < -0.3 is 5.32 Å². The van der Waals surface area contributed by atoms with Crippen LogP contribution in [0.5, 0.6) is 0 Å². The Morgan fingerprint density at radius 2 is 1.64 bits per heavy atom. The minimum Gasteiger partial charge on any atom is -0.370 e. The minimum atomic E-state index is -3.74. The van der Waals surface area contributed by atoms with E-state index < -0.39 is 19.9 Å². The van der Waals surface area contributed by atoms with Crippen LogP contribution >= 0.6 is 11.6 Å². The number of aromatic nitrogens is 3. The van der Waals surface area contributed by atoms with Crippen molar-refractivity contribution >= 4 is 56.2 Å². The van der Waals surface area contributed by atoms with Crippen molar-refractivity contribution in [3.8, 4) is 11.3 Å². The van der Waals surface area contributed by atoms with E-state index in [2.05, 4.69) is 20.1 Å². The number of sulfonamides is 1. The van der Waals surface area contributed by atoms with Crippen LogP contribution in [0.4, 0.5) is 5.82 Å². The SMILES string of the molecule is [B]c1cnn2c(NCCCCNS(=O)(=O)c3ccc(S(C)(=O)=O)cc3)cc(-c3ccccc3Cl)nc12. The summed E-state index contributed by atoms with van der Waals surface area (Å²) in [6.45, 7) is 0.773. The Morgan fingerprint density at radius 3 is 2.33 bits per heavy atom. The van der Waals surface area contributed by atoms with E-state index in [9.17, 15) is 16.8 Å². The molecule has 0 fully saturated rings. The first-order valence-corrected chi connectivity index (χ1v) is 14.7. The number of unbranched alkanes of at least 4 members (excludes halogenated alkanes) is 1. The van der Waals surface area contributed by atoms with Gasteiger partial charge in [-0.3, -0.25) is 0 Å². The summed E-state index contributed by atoms with van der Waals surface area (Å²) in [7, 11) is -1.10. The Hall–Kier alpha value is -2.93. The van der Waals surface area contributed by atoms with E-state index in [1.54, 1.807) is 10.6 Å². The van der Waals surface area contributed by atoms with Gasteiger partial charge in [-0.1, -0.05) is 29.8 Å². The van der Waals surface area contributed by atoms with Crippen molar-refractivity contribution in [1.29, 1.82) is 0 Å². The maximum Gasteiger partial charge on any atom is 0.240 e. The molecule has 4 rings (SSSR count). The molecule has 0 aliphatic heterocycles. The molecule has 0 saturated carbocycles. The summed E-state index contributed by atoms with van der Waals surface area (Å²) in [6, 6.07) is 14.3. The van der Waals surface area contributed by atoms with Gasteiger partial charge in [-0.05, 0) is 48.6 Å². The number of rotatable bonds is 10. The second kappa shape index (κ2) is 10.6. The number of fused-ring (bicyclic) bond motifs is 1. The first-order valence-electron chi connectivity index (χ1n) is 11.0. The van der Waals surface area contributed by atoms with Crippen LogP contribution in [-0.4, -0.2) is 58.6 Å². The highest BCUT2D eigenvalue weighted by molar-refractivity contribution is 7.90. The highest BCUT2D eigenvalue weighted by atomic mass is 35.5. The molecule has 0 aliphatic carbocycles. The zero-order valence-electron chi connectivity index (χ0n) is 19.3. The molecule has 9 nitrogen and oxygen atoms in total. The largest absolute Gasteiger partial charge is 0.370 e. The molecule has 2 radical (unpaired) electrons. The lowest BCUT2D eigenvalue weighted by Crippen LogP contribution is -2.25. The molecule has 0 atom stereocenters. The third-order valence-corrected chi connectivity index (χ3v) is 8.35. The van der Waals surface area contributed by atoms with Crippen molar-refractivity contribution in [2.75, 3.05) is 24.7 Å². The molecule has 0 unspecified atom stereocenters. The standard InChI is InChI=1S/C23H23BClN5O4S2/c1-35(31,32)16-8-10-17(11-9-16)36(33,34)28-13-5-4-12-26-22-14-21(18-6-2-3-7-20(18)25)29-23-19(24)15-27-30(22)23/h2-3,6-11,14-15,26,28H,4-5,12-13H2,1H3. The summed E-state index contributed by atoms with van der Waals surface area (Å²) in [5.74, 6) is 0.679. The molecular weight excluding hydrogens is 521 g/mol. The van der Waals surface area contributed by atoms with Crippen LogP contribution < -0.4 is 15.5 Å². The quantitative estimate of drug-likeness (QED) is 0.233. The highest BCUT2D eigenvalue weighted by Crippen LogP contribution is 2.28. The number of hydrogen-bond acceptors (Lipinski definition) is 7. The molecule has 0 aliphatic rings.